The van der Waals surface area contributed by atoms with Crippen LogP contribution in [0.2, 0.25) is 0 Å². The van der Waals surface area contributed by atoms with E-state index in [9.17, 15) is 0 Å². The van der Waals surface area contributed by atoms with E-state index in [4.69, 9.17) is 0 Å². The predicted octanol–water partition coefficient (Wildman–Crippen LogP) is 4.79. The first-order valence-corrected chi connectivity index (χ1v) is 11.1. The first-order valence-electron chi connectivity index (χ1n) is 6.85. The van der Waals surface area contributed by atoms with E-state index in [2.05, 4.69) is 22.0 Å². The Kier molecular flexibility index (Phi) is 15.9. The molecule has 15 heavy (non-hydrogen) atoms. The molecule has 0 aromatic rings. The Morgan fingerprint density at radius 1 is 0.667 bits per heavy atom. The maximum absolute atomic E-state index is 3.16. The molecule has 0 nitrogen and oxygen atoms in total. The maximum atomic E-state index is 3.16. The summed E-state index contributed by atoms with van der Waals surface area (Å²) in [5, 5.41) is 0. The minimum atomic E-state index is 0.639. The van der Waals surface area contributed by atoms with Crippen LogP contribution in [-0.2, 0) is 0 Å². The van der Waals surface area contributed by atoms with Gasteiger partial charge in [-0.1, -0.05) is 13.3 Å². The van der Waals surface area contributed by atoms with Gasteiger partial charge in [-0.2, -0.15) is 0 Å². The first kappa shape index (κ1) is 15.9. The Labute approximate surface area is 106 Å². The van der Waals surface area contributed by atoms with Gasteiger partial charge >= 0.3 is 92.3 Å². The van der Waals surface area contributed by atoms with Gasteiger partial charge in [0.2, 0.25) is 0 Å². The molecule has 1 atom stereocenters. The van der Waals surface area contributed by atoms with Crippen LogP contribution in [0.4, 0.5) is 0 Å². The van der Waals surface area contributed by atoms with Crippen LogP contribution in [0.1, 0.15) is 77.6 Å². The van der Waals surface area contributed by atoms with E-state index in [1.54, 1.807) is 0 Å². The summed E-state index contributed by atoms with van der Waals surface area (Å²) >= 11 is 3.16. The second-order valence-corrected chi connectivity index (χ2v) is 7.50. The molecule has 0 radical (unpaired) electrons. The third-order valence-corrected chi connectivity index (χ3v) is 5.05. The zero-order chi connectivity index (χ0) is 11.2. The van der Waals surface area contributed by atoms with Crippen LogP contribution >= 0.6 is 6.83 Å². The topological polar surface area (TPSA) is 0 Å². The van der Waals surface area contributed by atoms with Gasteiger partial charge in [-0.15, -0.1) is 0 Å². The molecule has 0 aliphatic rings. The third-order valence-electron chi connectivity index (χ3n) is 2.93. The molecular weight excluding hydrogens is 266 g/mol. The summed E-state index contributed by atoms with van der Waals surface area (Å²) in [4.78, 5) is 0. The fraction of sp³-hybridized carbons (Fsp3) is 1.00. The summed E-state index contributed by atoms with van der Waals surface area (Å²) in [5.74, 6) is 0. The van der Waals surface area contributed by atoms with Crippen LogP contribution in [-0.4, -0.2) is 21.3 Å². The Hall–Kier alpha value is 0.949. The molecule has 0 rings (SSSR count). The Morgan fingerprint density at radius 3 is 1.47 bits per heavy atom. The summed E-state index contributed by atoms with van der Waals surface area (Å²) in [5.41, 5.74) is 0. The van der Waals surface area contributed by atoms with Gasteiger partial charge in [0, 0.05) is 0 Å². The van der Waals surface area contributed by atoms with Crippen molar-refractivity contribution in [3.8, 4) is 0 Å². The quantitative estimate of drug-likeness (QED) is 0.276. The Balaban J connectivity index is 2.83. The minimum absolute atomic E-state index is 0.639. The van der Waals surface area contributed by atoms with Crippen LogP contribution in [0.25, 0.3) is 0 Å². The number of hydrogen-bond acceptors (Lipinski definition) is 0. The van der Waals surface area contributed by atoms with E-state index < -0.39 is 0 Å². The van der Waals surface area contributed by atoms with Gasteiger partial charge in [0.25, 0.3) is 0 Å². The third kappa shape index (κ3) is 14.9. The summed E-state index contributed by atoms with van der Waals surface area (Å²) < 4.78 is 0. The zero-order valence-electron chi connectivity index (χ0n) is 10.5. The van der Waals surface area contributed by atoms with E-state index >= 15 is 0 Å². The molecule has 0 saturated carbocycles. The van der Waals surface area contributed by atoms with Crippen molar-refractivity contribution in [1.29, 1.82) is 0 Å². The Morgan fingerprint density at radius 2 is 1.07 bits per heavy atom. The van der Waals surface area contributed by atoms with Gasteiger partial charge < -0.3 is 0 Å². The number of unbranched alkanes of at least 4 members (excludes halogenated alkanes) is 10. The van der Waals surface area contributed by atoms with Crippen molar-refractivity contribution in [3.05, 3.63) is 0 Å². The van der Waals surface area contributed by atoms with Crippen molar-refractivity contribution < 1.29 is 0 Å². The molecule has 0 amide bonds. The summed E-state index contributed by atoms with van der Waals surface area (Å²) in [6, 6.07) is 0. The zero-order valence-corrected chi connectivity index (χ0v) is 13.3. The number of hydrogen-bond donors (Lipinski definition) is 0. The molecule has 0 spiro atoms. The first-order chi connectivity index (χ1) is 7.41. The van der Waals surface area contributed by atoms with Crippen molar-refractivity contribution in [3.63, 3.8) is 0 Å². The fourth-order valence-corrected chi connectivity index (χ4v) is 3.40. The average Bonchev–Trinajstić information content (AvgIpc) is 2.26. The number of rotatable bonds is 12. The summed E-state index contributed by atoms with van der Waals surface area (Å²) in [6.07, 6.45) is 17.6. The van der Waals surface area contributed by atoms with Crippen LogP contribution in [0.15, 0.2) is 0 Å². The molecule has 0 bridgehead atoms. The molecule has 0 aromatic carbocycles. The van der Waals surface area contributed by atoms with Gasteiger partial charge in [0.05, 0.1) is 0 Å². The fourth-order valence-electron chi connectivity index (χ4n) is 1.89. The molecule has 0 aliphatic carbocycles. The molecule has 1 unspecified atom stereocenters. The van der Waals surface area contributed by atoms with Crippen LogP contribution in [0.3, 0.4) is 0 Å². The van der Waals surface area contributed by atoms with E-state index in [1.165, 1.54) is 76.8 Å². The van der Waals surface area contributed by atoms with Crippen molar-refractivity contribution in [2.24, 2.45) is 0 Å². The molecule has 92 valence electrons. The predicted molar refractivity (Wildman–Crippen MR) is 76.8 cm³/mol. The molecule has 0 fully saturated rings. The molecule has 0 aromatic heterocycles. The van der Waals surface area contributed by atoms with Crippen LogP contribution in [0, 0.1) is 0 Å². The molecule has 0 heterocycles. The molecule has 0 N–H and O–H groups in total. The van der Waals surface area contributed by atoms with E-state index in [0.717, 1.165) is 0 Å². The van der Waals surface area contributed by atoms with Crippen molar-refractivity contribution >= 4 is 21.9 Å². The molecule has 0 saturated heterocycles. The molecule has 2 heteroatoms. The molecular formula is C13H29PSe. The van der Waals surface area contributed by atoms with Crippen molar-refractivity contribution in [2.75, 3.05) is 6.16 Å². The van der Waals surface area contributed by atoms with E-state index in [1.807, 2.05) is 0 Å². The van der Waals surface area contributed by atoms with Crippen LogP contribution < -0.4 is 0 Å². The van der Waals surface area contributed by atoms with Crippen LogP contribution in [0.5, 0.6) is 0 Å². The van der Waals surface area contributed by atoms with Gasteiger partial charge in [-0.05, 0) is 0 Å². The van der Waals surface area contributed by atoms with E-state index in [0.29, 0.717) is 6.83 Å². The summed E-state index contributed by atoms with van der Waals surface area (Å²) in [7, 11) is 0. The summed E-state index contributed by atoms with van der Waals surface area (Å²) in [6.45, 7) is 2.93. The van der Waals surface area contributed by atoms with Gasteiger partial charge in [0.1, 0.15) is 0 Å². The second kappa shape index (κ2) is 14.9. The standard InChI is InChI=1S/C13H29PSe/c1-2-3-4-5-6-7-8-9-10-11-12-13-14-15/h2-14H2,1H3. The average molecular weight is 295 g/mol. The molecule has 0 aliphatic heterocycles. The normalized spacial score (nSPS) is 11.5. The second-order valence-electron chi connectivity index (χ2n) is 4.49. The van der Waals surface area contributed by atoms with Crippen molar-refractivity contribution in [1.82, 2.24) is 0 Å². The van der Waals surface area contributed by atoms with Gasteiger partial charge in [-0.25, -0.2) is 0 Å². The Bertz CT molecular complexity index is 126. The van der Waals surface area contributed by atoms with E-state index in [-0.39, 0.29) is 0 Å². The monoisotopic (exact) mass is 296 g/mol. The van der Waals surface area contributed by atoms with Crippen molar-refractivity contribution in [2.45, 2.75) is 77.6 Å². The SMILES string of the molecule is CCCCCCCCCCCCC[PH2]=[Se]. The van der Waals surface area contributed by atoms with Gasteiger partial charge in [0.15, 0.2) is 0 Å². The van der Waals surface area contributed by atoms with Gasteiger partial charge in [-0.3, -0.25) is 0 Å².